The lowest BCUT2D eigenvalue weighted by molar-refractivity contribution is 0.0240. The summed E-state index contributed by atoms with van der Waals surface area (Å²) in [7, 11) is 0. The molecular weight excluding hydrogens is 444 g/mol. The van der Waals surface area contributed by atoms with Gasteiger partial charge in [0.05, 0.1) is 12.2 Å². The highest BCUT2D eigenvalue weighted by Crippen LogP contribution is 2.29. The highest BCUT2D eigenvalue weighted by molar-refractivity contribution is 6.35. The van der Waals surface area contributed by atoms with Crippen LogP contribution in [0.2, 0.25) is 10.0 Å². The third-order valence-corrected chi connectivity index (χ3v) is 5.29. The largest absolute Gasteiger partial charge is 0.444 e. The van der Waals surface area contributed by atoms with E-state index in [1.807, 2.05) is 32.6 Å². The van der Waals surface area contributed by atoms with Crippen molar-refractivity contribution < 1.29 is 13.9 Å². The third-order valence-electron chi connectivity index (χ3n) is 4.73. The van der Waals surface area contributed by atoms with Gasteiger partial charge in [0, 0.05) is 36.2 Å². The van der Waals surface area contributed by atoms with E-state index in [1.54, 1.807) is 23.1 Å². The summed E-state index contributed by atoms with van der Waals surface area (Å²) < 4.78 is 19.8. The van der Waals surface area contributed by atoms with Crippen LogP contribution in [0.15, 0.2) is 24.4 Å². The van der Waals surface area contributed by atoms with E-state index in [0.717, 1.165) is 11.8 Å². The number of amides is 1. The Morgan fingerprint density at radius 1 is 1.23 bits per heavy atom. The number of anilines is 2. The van der Waals surface area contributed by atoms with E-state index in [4.69, 9.17) is 27.9 Å². The molecule has 1 aliphatic rings. The fraction of sp³-hybridized carbons (Fsp3) is 0.476. The van der Waals surface area contributed by atoms with Crippen molar-refractivity contribution in [3.63, 3.8) is 0 Å². The number of aromatic nitrogens is 2. The second kappa shape index (κ2) is 9.44. The molecule has 2 aromatic rings. The molecule has 1 fully saturated rings. The quantitative estimate of drug-likeness (QED) is 0.667. The number of piperazine rings is 1. The van der Waals surface area contributed by atoms with Crippen LogP contribution in [0.3, 0.4) is 0 Å². The number of nitrogens with zero attached hydrogens (tertiary/aromatic N) is 4. The van der Waals surface area contributed by atoms with Crippen LogP contribution in [-0.4, -0.2) is 52.7 Å². The monoisotopic (exact) mass is 469 g/mol. The van der Waals surface area contributed by atoms with E-state index < -0.39 is 11.4 Å². The van der Waals surface area contributed by atoms with Gasteiger partial charge in [-0.15, -0.1) is 0 Å². The minimum absolute atomic E-state index is 0.0816. The van der Waals surface area contributed by atoms with Crippen LogP contribution in [0.4, 0.5) is 21.0 Å². The number of carbonyl (C=O) groups excluding carboxylic acids is 1. The Hall–Kier alpha value is -2.32. The molecule has 0 unspecified atom stereocenters. The van der Waals surface area contributed by atoms with E-state index in [9.17, 15) is 9.18 Å². The van der Waals surface area contributed by atoms with Crippen molar-refractivity contribution in [1.82, 2.24) is 14.9 Å². The minimum atomic E-state index is -0.562. The molecule has 31 heavy (non-hydrogen) atoms. The molecule has 7 nitrogen and oxygen atoms in total. The van der Waals surface area contributed by atoms with Gasteiger partial charge in [-0.3, -0.25) is 0 Å². The normalized spacial score (nSPS) is 15.6. The fourth-order valence-electron chi connectivity index (χ4n) is 3.16. The maximum Gasteiger partial charge on any atom is 0.410 e. The first-order valence-corrected chi connectivity index (χ1v) is 10.8. The number of benzene rings is 1. The van der Waals surface area contributed by atoms with Crippen molar-refractivity contribution in [2.45, 2.75) is 39.3 Å². The molecule has 0 saturated carbocycles. The number of halogens is 3. The second-order valence-corrected chi connectivity index (χ2v) is 9.20. The van der Waals surface area contributed by atoms with E-state index in [-0.39, 0.29) is 18.0 Å². The smallest absolute Gasteiger partial charge is 0.410 e. The average Bonchev–Trinajstić information content (AvgIpc) is 2.68. The van der Waals surface area contributed by atoms with Crippen molar-refractivity contribution in [2.75, 3.05) is 36.4 Å². The summed E-state index contributed by atoms with van der Waals surface area (Å²) in [6.07, 6.45) is 0.796. The number of ether oxygens (including phenoxy) is 1. The van der Waals surface area contributed by atoms with Gasteiger partial charge in [-0.2, -0.15) is 4.98 Å². The van der Waals surface area contributed by atoms with Crippen LogP contribution >= 0.6 is 23.2 Å². The molecule has 1 aromatic heterocycles. The lowest BCUT2D eigenvalue weighted by atomic mass is 10.1. The zero-order valence-corrected chi connectivity index (χ0v) is 19.5. The van der Waals surface area contributed by atoms with Gasteiger partial charge >= 0.3 is 6.09 Å². The molecule has 1 aliphatic heterocycles. The number of hydrogen-bond donors (Lipinski definition) is 1. The van der Waals surface area contributed by atoms with E-state index >= 15 is 0 Å². The SMILES string of the molecule is C[C@@H](Nc1nc(N2CCN(C(=O)OC(C)(C)C)CC2)ncc1F)c1ccc(Cl)cc1Cl. The first-order valence-electron chi connectivity index (χ1n) is 10.0. The van der Waals surface area contributed by atoms with Crippen LogP contribution < -0.4 is 10.2 Å². The van der Waals surface area contributed by atoms with Crippen LogP contribution in [0.1, 0.15) is 39.3 Å². The maximum absolute atomic E-state index is 14.4. The Balaban J connectivity index is 1.67. The average molecular weight is 470 g/mol. The molecule has 0 spiro atoms. The molecule has 0 bridgehead atoms. The molecule has 1 amide bonds. The summed E-state index contributed by atoms with van der Waals surface area (Å²) in [5, 5.41) is 4.07. The first kappa shape index (κ1) is 23.3. The van der Waals surface area contributed by atoms with Crippen LogP contribution in [0.25, 0.3) is 0 Å². The van der Waals surface area contributed by atoms with E-state index in [0.29, 0.717) is 42.2 Å². The van der Waals surface area contributed by atoms with Gasteiger partial charge in [0.25, 0.3) is 0 Å². The molecule has 0 radical (unpaired) electrons. The Morgan fingerprint density at radius 3 is 2.52 bits per heavy atom. The molecule has 1 saturated heterocycles. The summed E-state index contributed by atoms with van der Waals surface area (Å²) in [5.74, 6) is -0.0895. The van der Waals surface area contributed by atoms with Gasteiger partial charge in [-0.1, -0.05) is 29.3 Å². The Morgan fingerprint density at radius 2 is 1.90 bits per heavy atom. The van der Waals surface area contributed by atoms with Gasteiger partial charge in [-0.05, 0) is 45.4 Å². The van der Waals surface area contributed by atoms with Gasteiger partial charge in [0.2, 0.25) is 5.95 Å². The molecule has 1 aromatic carbocycles. The Bertz CT molecular complexity index is 946. The summed E-state index contributed by atoms with van der Waals surface area (Å²) in [4.78, 5) is 24.3. The van der Waals surface area contributed by atoms with Crippen molar-refractivity contribution in [1.29, 1.82) is 0 Å². The number of hydrogen-bond acceptors (Lipinski definition) is 6. The summed E-state index contributed by atoms with van der Waals surface area (Å²) in [6, 6.07) is 4.86. The van der Waals surface area contributed by atoms with Crippen molar-refractivity contribution in [3.8, 4) is 0 Å². The lowest BCUT2D eigenvalue weighted by Crippen LogP contribution is -2.50. The third kappa shape index (κ3) is 6.11. The minimum Gasteiger partial charge on any atom is -0.444 e. The standard InChI is InChI=1S/C21H26Cl2FN5O2/c1-13(15-6-5-14(22)11-16(15)23)26-18-17(24)12-25-19(27-18)28-7-9-29(10-8-28)20(30)31-21(2,3)4/h5-6,11-13H,7-10H2,1-4H3,(H,25,26,27)/t13-/m1/s1. The topological polar surface area (TPSA) is 70.6 Å². The lowest BCUT2D eigenvalue weighted by Gasteiger charge is -2.35. The summed E-state index contributed by atoms with van der Waals surface area (Å²) in [5.41, 5.74) is 0.232. The number of rotatable bonds is 4. The van der Waals surface area contributed by atoms with Crippen LogP contribution in [0.5, 0.6) is 0 Å². The number of nitrogens with one attached hydrogen (secondary N) is 1. The second-order valence-electron chi connectivity index (χ2n) is 8.35. The summed E-state index contributed by atoms with van der Waals surface area (Å²) >= 11 is 12.2. The number of carbonyl (C=O) groups is 1. The van der Waals surface area contributed by atoms with Crippen molar-refractivity contribution in [3.05, 3.63) is 45.8 Å². The van der Waals surface area contributed by atoms with Crippen molar-refractivity contribution >= 4 is 41.1 Å². The van der Waals surface area contributed by atoms with Gasteiger partial charge in [0.15, 0.2) is 11.6 Å². The van der Waals surface area contributed by atoms with Gasteiger partial charge < -0.3 is 19.9 Å². The zero-order chi connectivity index (χ0) is 22.8. The van der Waals surface area contributed by atoms with Gasteiger partial charge in [0.1, 0.15) is 5.60 Å². The molecule has 168 valence electrons. The first-order chi connectivity index (χ1) is 14.5. The van der Waals surface area contributed by atoms with Gasteiger partial charge in [-0.25, -0.2) is 14.2 Å². The molecule has 1 atom stereocenters. The molecule has 2 heterocycles. The highest BCUT2D eigenvalue weighted by atomic mass is 35.5. The zero-order valence-electron chi connectivity index (χ0n) is 18.0. The predicted octanol–water partition coefficient (Wildman–Crippen LogP) is 5.15. The maximum atomic E-state index is 14.4. The van der Waals surface area contributed by atoms with Crippen LogP contribution in [0, 0.1) is 5.82 Å². The van der Waals surface area contributed by atoms with E-state index in [2.05, 4.69) is 15.3 Å². The fourth-order valence-corrected chi connectivity index (χ4v) is 3.73. The van der Waals surface area contributed by atoms with Crippen LogP contribution in [-0.2, 0) is 4.74 Å². The Kier molecular flexibility index (Phi) is 7.11. The summed E-state index contributed by atoms with van der Waals surface area (Å²) in [6.45, 7) is 9.33. The van der Waals surface area contributed by atoms with Crippen molar-refractivity contribution in [2.24, 2.45) is 0 Å². The highest BCUT2D eigenvalue weighted by Gasteiger charge is 2.27. The predicted molar refractivity (Wildman–Crippen MR) is 121 cm³/mol. The molecule has 0 aliphatic carbocycles. The molecule has 10 heteroatoms. The molecule has 1 N–H and O–H groups in total. The molecular formula is C21H26Cl2FN5O2. The Labute approximate surface area is 191 Å². The molecule has 3 rings (SSSR count). The van der Waals surface area contributed by atoms with E-state index in [1.165, 1.54) is 0 Å².